The van der Waals surface area contributed by atoms with Gasteiger partial charge in [0.1, 0.15) is 0 Å². The van der Waals surface area contributed by atoms with Crippen LogP contribution in [0, 0.1) is 0 Å². The average Bonchev–Trinajstić information content (AvgIpc) is 2.30. The molecule has 72 valence electrons. The van der Waals surface area contributed by atoms with Crippen LogP contribution in [0.15, 0.2) is 54.6 Å². The molecule has 2 aromatic rings. The van der Waals surface area contributed by atoms with Gasteiger partial charge in [-0.05, 0) is 24.3 Å². The van der Waals surface area contributed by atoms with E-state index in [4.69, 9.17) is 0 Å². The van der Waals surface area contributed by atoms with Crippen LogP contribution in [0.3, 0.4) is 0 Å². The van der Waals surface area contributed by atoms with Gasteiger partial charge in [-0.2, -0.15) is 0 Å². The van der Waals surface area contributed by atoms with Crippen molar-refractivity contribution >= 4 is 17.3 Å². The number of hydrogen-bond acceptors (Lipinski definition) is 1. The number of anilines is 2. The summed E-state index contributed by atoms with van der Waals surface area (Å²) in [5, 5.41) is 0. The number of carbonyl (C=O) groups excluding carboxylic acids is 1. The molecule has 2 aromatic carbocycles. The molecule has 0 fully saturated rings. The molecule has 0 saturated heterocycles. The standard InChI is InChI=1S/C13H9NO/c15-13-11-8-4-5-9-12(11)14(13)10-6-2-1-3-7-10/h1-9H. The van der Waals surface area contributed by atoms with Crippen molar-refractivity contribution in [1.82, 2.24) is 0 Å². The number of nitrogens with zero attached hydrogens (tertiary/aromatic N) is 1. The van der Waals surface area contributed by atoms with Crippen molar-refractivity contribution in [3.05, 3.63) is 60.2 Å². The van der Waals surface area contributed by atoms with Gasteiger partial charge in [-0.3, -0.25) is 9.69 Å². The van der Waals surface area contributed by atoms with E-state index in [1.54, 1.807) is 4.90 Å². The van der Waals surface area contributed by atoms with Gasteiger partial charge in [0.05, 0.1) is 11.3 Å². The minimum atomic E-state index is 0.0804. The maximum Gasteiger partial charge on any atom is 0.264 e. The number of carbonyl (C=O) groups is 1. The van der Waals surface area contributed by atoms with Gasteiger partial charge in [0.25, 0.3) is 5.91 Å². The Hall–Kier alpha value is -2.09. The largest absolute Gasteiger partial charge is 0.276 e. The Morgan fingerprint density at radius 3 is 2.27 bits per heavy atom. The molecule has 0 unspecified atom stereocenters. The topological polar surface area (TPSA) is 20.3 Å². The van der Waals surface area contributed by atoms with Gasteiger partial charge >= 0.3 is 0 Å². The SMILES string of the molecule is O=C1c2ccccc2N1c1ccccc1. The van der Waals surface area contributed by atoms with E-state index in [9.17, 15) is 4.79 Å². The molecule has 0 aliphatic carbocycles. The predicted molar refractivity (Wildman–Crippen MR) is 59.4 cm³/mol. The lowest BCUT2D eigenvalue weighted by atomic mass is 10.0. The fourth-order valence-corrected chi connectivity index (χ4v) is 1.86. The van der Waals surface area contributed by atoms with E-state index >= 15 is 0 Å². The molecule has 0 aromatic heterocycles. The van der Waals surface area contributed by atoms with Crippen molar-refractivity contribution in [2.75, 3.05) is 4.90 Å². The number of rotatable bonds is 1. The maximum atomic E-state index is 11.8. The Kier molecular flexibility index (Phi) is 1.62. The molecule has 0 saturated carbocycles. The molecule has 1 aliphatic heterocycles. The first-order chi connectivity index (χ1) is 7.38. The Morgan fingerprint density at radius 1 is 0.800 bits per heavy atom. The first kappa shape index (κ1) is 8.24. The van der Waals surface area contributed by atoms with E-state index in [1.165, 1.54) is 0 Å². The first-order valence-corrected chi connectivity index (χ1v) is 4.86. The van der Waals surface area contributed by atoms with Crippen molar-refractivity contribution in [3.63, 3.8) is 0 Å². The lowest BCUT2D eigenvalue weighted by Crippen LogP contribution is -2.36. The lowest BCUT2D eigenvalue weighted by Gasteiger charge is -2.33. The van der Waals surface area contributed by atoms with Crippen LogP contribution >= 0.6 is 0 Å². The summed E-state index contributed by atoms with van der Waals surface area (Å²) in [5.41, 5.74) is 2.73. The molecule has 0 spiro atoms. The molecule has 1 aliphatic rings. The van der Waals surface area contributed by atoms with E-state index in [0.717, 1.165) is 16.9 Å². The second-order valence-electron chi connectivity index (χ2n) is 3.49. The van der Waals surface area contributed by atoms with Crippen LogP contribution in [0.4, 0.5) is 11.4 Å². The molecule has 15 heavy (non-hydrogen) atoms. The molecule has 1 heterocycles. The van der Waals surface area contributed by atoms with Crippen molar-refractivity contribution in [3.8, 4) is 0 Å². The highest BCUT2D eigenvalue weighted by Crippen LogP contribution is 2.38. The van der Waals surface area contributed by atoms with E-state index < -0.39 is 0 Å². The third kappa shape index (κ3) is 1.08. The maximum absolute atomic E-state index is 11.8. The lowest BCUT2D eigenvalue weighted by molar-refractivity contribution is 0.0980. The summed E-state index contributed by atoms with van der Waals surface area (Å²) in [4.78, 5) is 13.5. The van der Waals surface area contributed by atoms with Gasteiger partial charge in [0.15, 0.2) is 0 Å². The van der Waals surface area contributed by atoms with Gasteiger partial charge in [0.2, 0.25) is 0 Å². The van der Waals surface area contributed by atoms with Gasteiger partial charge < -0.3 is 0 Å². The summed E-state index contributed by atoms with van der Waals surface area (Å²) in [5.74, 6) is 0.0804. The highest BCUT2D eigenvalue weighted by molar-refractivity contribution is 6.23. The van der Waals surface area contributed by atoms with Crippen molar-refractivity contribution in [1.29, 1.82) is 0 Å². The minimum absolute atomic E-state index is 0.0804. The van der Waals surface area contributed by atoms with Gasteiger partial charge in [-0.15, -0.1) is 0 Å². The molecule has 0 bridgehead atoms. The number of hydrogen-bond donors (Lipinski definition) is 0. The smallest absolute Gasteiger partial charge is 0.264 e. The first-order valence-electron chi connectivity index (χ1n) is 4.86. The van der Waals surface area contributed by atoms with Gasteiger partial charge in [0, 0.05) is 5.69 Å². The van der Waals surface area contributed by atoms with Crippen LogP contribution in [-0.4, -0.2) is 5.91 Å². The summed E-state index contributed by atoms with van der Waals surface area (Å²) in [7, 11) is 0. The monoisotopic (exact) mass is 195 g/mol. The summed E-state index contributed by atoms with van der Waals surface area (Å²) in [6, 6.07) is 17.3. The molecular formula is C13H9NO. The molecule has 1 amide bonds. The number of fused-ring (bicyclic) bond motifs is 1. The zero-order valence-electron chi connectivity index (χ0n) is 8.05. The fraction of sp³-hybridized carbons (Fsp3) is 0. The Labute approximate surface area is 87.8 Å². The Bertz CT molecular complexity index is 519. The Balaban J connectivity index is 2.10. The van der Waals surface area contributed by atoms with Crippen molar-refractivity contribution in [2.45, 2.75) is 0 Å². The predicted octanol–water partition coefficient (Wildman–Crippen LogP) is 2.98. The van der Waals surface area contributed by atoms with Gasteiger partial charge in [-0.1, -0.05) is 30.3 Å². The third-order valence-corrected chi connectivity index (χ3v) is 2.59. The van der Waals surface area contributed by atoms with Crippen molar-refractivity contribution in [2.24, 2.45) is 0 Å². The average molecular weight is 195 g/mol. The molecule has 2 heteroatoms. The summed E-state index contributed by atoms with van der Waals surface area (Å²) >= 11 is 0. The summed E-state index contributed by atoms with van der Waals surface area (Å²) in [6.45, 7) is 0. The highest BCUT2D eigenvalue weighted by Gasteiger charge is 2.32. The van der Waals surface area contributed by atoms with Crippen LogP contribution in [0.25, 0.3) is 0 Å². The van der Waals surface area contributed by atoms with Crippen LogP contribution < -0.4 is 4.90 Å². The molecule has 0 N–H and O–H groups in total. The third-order valence-electron chi connectivity index (χ3n) is 2.59. The van der Waals surface area contributed by atoms with E-state index in [0.29, 0.717) is 0 Å². The molecular weight excluding hydrogens is 186 g/mol. The second kappa shape index (κ2) is 2.95. The molecule has 2 nitrogen and oxygen atoms in total. The van der Waals surface area contributed by atoms with Crippen LogP contribution in [0.2, 0.25) is 0 Å². The van der Waals surface area contributed by atoms with Gasteiger partial charge in [-0.25, -0.2) is 0 Å². The second-order valence-corrected chi connectivity index (χ2v) is 3.49. The van der Waals surface area contributed by atoms with E-state index in [2.05, 4.69) is 0 Å². The summed E-state index contributed by atoms with van der Waals surface area (Å²) < 4.78 is 0. The van der Waals surface area contributed by atoms with Crippen LogP contribution in [-0.2, 0) is 0 Å². The van der Waals surface area contributed by atoms with Crippen LogP contribution in [0.1, 0.15) is 10.4 Å². The number of benzene rings is 2. The molecule has 0 atom stereocenters. The quantitative estimate of drug-likeness (QED) is 0.685. The molecule has 0 radical (unpaired) electrons. The number of amides is 1. The van der Waals surface area contributed by atoms with E-state index in [1.807, 2.05) is 54.6 Å². The normalized spacial score (nSPS) is 13.3. The minimum Gasteiger partial charge on any atom is -0.276 e. The summed E-state index contributed by atoms with van der Waals surface area (Å²) in [6.07, 6.45) is 0. The van der Waals surface area contributed by atoms with Crippen molar-refractivity contribution < 1.29 is 4.79 Å². The zero-order chi connectivity index (χ0) is 10.3. The van der Waals surface area contributed by atoms with Crippen LogP contribution in [0.5, 0.6) is 0 Å². The molecule has 3 rings (SSSR count). The zero-order valence-corrected chi connectivity index (χ0v) is 8.05. The fourth-order valence-electron chi connectivity index (χ4n) is 1.86. The number of para-hydroxylation sites is 2. The highest BCUT2D eigenvalue weighted by atomic mass is 16.2. The Morgan fingerprint density at radius 2 is 1.47 bits per heavy atom. The van der Waals surface area contributed by atoms with E-state index in [-0.39, 0.29) is 5.91 Å².